The maximum atomic E-state index is 13.4. The highest BCUT2D eigenvalue weighted by atomic mass is 16.5. The van der Waals surface area contributed by atoms with Crippen LogP contribution in [0.25, 0.3) is 0 Å². The van der Waals surface area contributed by atoms with Gasteiger partial charge in [0.1, 0.15) is 11.9 Å². The van der Waals surface area contributed by atoms with Crippen LogP contribution < -0.4 is 15.4 Å². The Bertz CT molecular complexity index is 1170. The summed E-state index contributed by atoms with van der Waals surface area (Å²) in [5, 5.41) is 15.8. The summed E-state index contributed by atoms with van der Waals surface area (Å²) in [5.74, 6) is 0.325. The Balaban J connectivity index is 1.56. The van der Waals surface area contributed by atoms with Crippen molar-refractivity contribution in [3.8, 4) is 5.75 Å². The lowest BCUT2D eigenvalue weighted by molar-refractivity contribution is -0.134. The average Bonchev–Trinajstić information content (AvgIpc) is 3.01. The summed E-state index contributed by atoms with van der Waals surface area (Å²) in [6.07, 6.45) is 4.77. The van der Waals surface area contributed by atoms with Crippen molar-refractivity contribution < 1.29 is 24.2 Å². The predicted molar refractivity (Wildman–Crippen MR) is 155 cm³/mol. The maximum Gasteiger partial charge on any atom is 0.321 e. The molecule has 1 saturated carbocycles. The first-order chi connectivity index (χ1) is 19.2. The molecule has 3 atom stereocenters. The number of para-hydroxylation sites is 1. The molecular weight excluding hydrogens is 508 g/mol. The lowest BCUT2D eigenvalue weighted by Crippen LogP contribution is -2.48. The molecule has 0 bridgehead atoms. The van der Waals surface area contributed by atoms with Crippen molar-refractivity contribution in [2.75, 3.05) is 37.4 Å². The van der Waals surface area contributed by atoms with Crippen molar-refractivity contribution in [2.45, 2.75) is 64.5 Å². The lowest BCUT2D eigenvalue weighted by Gasteiger charge is -2.34. The van der Waals surface area contributed by atoms with Crippen molar-refractivity contribution >= 4 is 29.2 Å². The molecule has 216 valence electrons. The van der Waals surface area contributed by atoms with E-state index in [-0.39, 0.29) is 55.3 Å². The Hall–Kier alpha value is -3.59. The molecule has 1 aliphatic heterocycles. The first-order valence-corrected chi connectivity index (χ1v) is 14.3. The van der Waals surface area contributed by atoms with Gasteiger partial charge in [-0.25, -0.2) is 4.79 Å². The highest BCUT2D eigenvalue weighted by molar-refractivity contribution is 5.93. The predicted octanol–water partition coefficient (Wildman–Crippen LogP) is 4.52. The van der Waals surface area contributed by atoms with Crippen LogP contribution in [0.5, 0.6) is 5.75 Å². The number of carbonyl (C=O) groups is 3. The summed E-state index contributed by atoms with van der Waals surface area (Å²) >= 11 is 0. The van der Waals surface area contributed by atoms with E-state index >= 15 is 0 Å². The number of aliphatic hydroxyl groups is 1. The molecule has 9 nitrogen and oxygen atoms in total. The van der Waals surface area contributed by atoms with E-state index in [1.807, 2.05) is 56.3 Å². The van der Waals surface area contributed by atoms with Crippen LogP contribution in [0.4, 0.5) is 16.2 Å². The summed E-state index contributed by atoms with van der Waals surface area (Å²) in [6, 6.07) is 14.0. The number of nitrogens with one attached hydrogen (secondary N) is 2. The van der Waals surface area contributed by atoms with Crippen LogP contribution in [0.1, 0.15) is 51.5 Å². The first kappa shape index (κ1) is 29.4. The van der Waals surface area contributed by atoms with Gasteiger partial charge in [0.15, 0.2) is 0 Å². The van der Waals surface area contributed by atoms with E-state index in [1.165, 1.54) is 6.42 Å². The molecule has 4 amide bonds. The number of anilines is 2. The Morgan fingerprint density at radius 2 is 1.80 bits per heavy atom. The van der Waals surface area contributed by atoms with Crippen LogP contribution in [0.2, 0.25) is 0 Å². The van der Waals surface area contributed by atoms with Crippen LogP contribution in [0.15, 0.2) is 48.5 Å². The number of fused-ring (bicyclic) bond motifs is 1. The zero-order valence-corrected chi connectivity index (χ0v) is 23.8. The highest BCUT2D eigenvalue weighted by Crippen LogP contribution is 2.30. The summed E-state index contributed by atoms with van der Waals surface area (Å²) in [4.78, 5) is 42.5. The topological polar surface area (TPSA) is 111 Å². The monoisotopic (exact) mass is 550 g/mol. The molecule has 0 aromatic heterocycles. The molecule has 1 heterocycles. The molecule has 1 fully saturated rings. The molecule has 1 aliphatic carbocycles. The number of amides is 4. The molecule has 0 saturated heterocycles. The first-order valence-electron chi connectivity index (χ1n) is 14.3. The normalized spacial score (nSPS) is 20.7. The van der Waals surface area contributed by atoms with Gasteiger partial charge in [0.2, 0.25) is 11.8 Å². The zero-order valence-electron chi connectivity index (χ0n) is 23.8. The molecule has 40 heavy (non-hydrogen) atoms. The Morgan fingerprint density at radius 3 is 2.50 bits per heavy atom. The van der Waals surface area contributed by atoms with Crippen LogP contribution in [-0.2, 0) is 16.0 Å². The third-order valence-electron chi connectivity index (χ3n) is 7.99. The quantitative estimate of drug-likeness (QED) is 0.470. The van der Waals surface area contributed by atoms with E-state index in [2.05, 4.69) is 10.6 Å². The van der Waals surface area contributed by atoms with E-state index < -0.39 is 6.10 Å². The van der Waals surface area contributed by atoms with Crippen molar-refractivity contribution in [3.63, 3.8) is 0 Å². The van der Waals surface area contributed by atoms with Crippen molar-refractivity contribution in [3.05, 3.63) is 54.1 Å². The summed E-state index contributed by atoms with van der Waals surface area (Å²) < 4.78 is 6.51. The molecule has 2 aliphatic rings. The SMILES string of the molecule is C[C@H](CO)N1C[C@H](C)[C@@H](CN(C)C(=O)Nc2ccccc2)Oc2ccc(NC(=O)C3CCCCC3)cc2CC1=O. The molecule has 2 aromatic rings. The van der Waals surface area contributed by atoms with Crippen molar-refractivity contribution in [1.29, 1.82) is 0 Å². The second-order valence-electron chi connectivity index (χ2n) is 11.2. The summed E-state index contributed by atoms with van der Waals surface area (Å²) in [7, 11) is 1.71. The van der Waals surface area contributed by atoms with Gasteiger partial charge in [-0.3, -0.25) is 9.59 Å². The maximum absolute atomic E-state index is 13.4. The fraction of sp³-hybridized carbons (Fsp3) is 0.516. The second-order valence-corrected chi connectivity index (χ2v) is 11.2. The Morgan fingerprint density at radius 1 is 1.07 bits per heavy atom. The summed E-state index contributed by atoms with van der Waals surface area (Å²) in [5.41, 5.74) is 2.00. The highest BCUT2D eigenvalue weighted by Gasteiger charge is 2.32. The minimum atomic E-state index is -0.424. The van der Waals surface area contributed by atoms with Crippen molar-refractivity contribution in [2.24, 2.45) is 11.8 Å². The smallest absolute Gasteiger partial charge is 0.321 e. The van der Waals surface area contributed by atoms with Gasteiger partial charge in [-0.05, 0) is 50.1 Å². The minimum absolute atomic E-state index is 0.0144. The fourth-order valence-electron chi connectivity index (χ4n) is 5.43. The standard InChI is InChI=1S/C31H42N4O5/c1-21-18-35(22(2)20-36)29(37)17-24-16-26(32-30(38)23-10-6-4-7-11-23)14-15-27(24)40-28(21)19-34(3)31(39)33-25-12-8-5-9-13-25/h5,8-9,12-16,21-23,28,36H,4,6-7,10-11,17-20H2,1-3H3,(H,32,38)(H,33,39)/t21-,22+,28+/m0/s1. The van der Waals surface area contributed by atoms with Crippen LogP contribution >= 0.6 is 0 Å². The zero-order chi connectivity index (χ0) is 28.6. The van der Waals surface area contributed by atoms with Crippen LogP contribution in [0.3, 0.4) is 0 Å². The van der Waals surface area contributed by atoms with E-state index in [1.54, 1.807) is 22.9 Å². The van der Waals surface area contributed by atoms with Gasteiger partial charge in [-0.15, -0.1) is 0 Å². The Kier molecular flexibility index (Phi) is 10.0. The number of carbonyl (C=O) groups excluding carboxylic acids is 3. The number of nitrogens with zero attached hydrogens (tertiary/aromatic N) is 2. The van der Waals surface area contributed by atoms with Gasteiger partial charge in [0.05, 0.1) is 25.6 Å². The van der Waals surface area contributed by atoms with Gasteiger partial charge >= 0.3 is 6.03 Å². The molecule has 3 N–H and O–H groups in total. The van der Waals surface area contributed by atoms with E-state index in [4.69, 9.17) is 4.74 Å². The largest absolute Gasteiger partial charge is 0.488 e. The van der Waals surface area contributed by atoms with Gasteiger partial charge < -0.3 is 30.3 Å². The summed E-state index contributed by atoms with van der Waals surface area (Å²) in [6.45, 7) is 4.31. The average molecular weight is 551 g/mol. The van der Waals surface area contributed by atoms with Crippen LogP contribution in [0, 0.1) is 11.8 Å². The number of likely N-dealkylation sites (N-methyl/N-ethyl adjacent to an activating group) is 1. The van der Waals surface area contributed by atoms with Crippen LogP contribution in [-0.4, -0.2) is 71.6 Å². The number of aliphatic hydroxyl groups excluding tert-OH is 1. The Labute approximate surface area is 236 Å². The number of benzene rings is 2. The van der Waals surface area contributed by atoms with E-state index in [9.17, 15) is 19.5 Å². The third kappa shape index (κ3) is 7.53. The number of ether oxygens (including phenoxy) is 1. The fourth-order valence-corrected chi connectivity index (χ4v) is 5.43. The molecule has 0 spiro atoms. The van der Waals surface area contributed by atoms with Gasteiger partial charge in [-0.1, -0.05) is 44.4 Å². The van der Waals surface area contributed by atoms with Gasteiger partial charge in [-0.2, -0.15) is 0 Å². The molecule has 4 rings (SSSR count). The van der Waals surface area contributed by atoms with Gasteiger partial charge in [0, 0.05) is 42.4 Å². The number of hydrogen-bond donors (Lipinski definition) is 3. The molecule has 2 aromatic carbocycles. The third-order valence-corrected chi connectivity index (χ3v) is 7.99. The number of rotatable bonds is 7. The molecular formula is C31H42N4O5. The number of urea groups is 1. The lowest BCUT2D eigenvalue weighted by atomic mass is 9.88. The number of hydrogen-bond acceptors (Lipinski definition) is 5. The molecule has 0 radical (unpaired) electrons. The van der Waals surface area contributed by atoms with E-state index in [0.717, 1.165) is 25.7 Å². The molecule has 0 unspecified atom stereocenters. The minimum Gasteiger partial charge on any atom is -0.488 e. The van der Waals surface area contributed by atoms with E-state index in [0.29, 0.717) is 29.2 Å². The second kappa shape index (κ2) is 13.7. The molecule has 9 heteroatoms. The van der Waals surface area contributed by atoms with Crippen molar-refractivity contribution in [1.82, 2.24) is 9.80 Å². The van der Waals surface area contributed by atoms with Gasteiger partial charge in [0.25, 0.3) is 0 Å².